The molecule has 2 aliphatic rings. The molecule has 11 nitrogen and oxygen atoms in total. The summed E-state index contributed by atoms with van der Waals surface area (Å²) < 4.78 is 11.1. The lowest BCUT2D eigenvalue weighted by Crippen LogP contribution is -2.36. The van der Waals surface area contributed by atoms with Crippen molar-refractivity contribution in [1.29, 1.82) is 0 Å². The zero-order valence-corrected chi connectivity index (χ0v) is 29.1. The van der Waals surface area contributed by atoms with Crippen LogP contribution in [-0.2, 0) is 35.2 Å². The number of benzene rings is 2. The maximum Gasteiger partial charge on any atom is 0.269 e. The van der Waals surface area contributed by atoms with Crippen LogP contribution in [-0.4, -0.2) is 78.0 Å². The molecule has 4 aromatic rings. The van der Waals surface area contributed by atoms with Crippen molar-refractivity contribution in [2.45, 2.75) is 23.0 Å². The smallest absolute Gasteiger partial charge is 0.269 e. The molecule has 2 aromatic carbocycles. The Labute approximate surface area is 303 Å². The number of thioether (sulfide) groups is 2. The molecule has 0 atom stereocenters. The molecule has 0 fully saturated rings. The van der Waals surface area contributed by atoms with Gasteiger partial charge in [0.25, 0.3) is 11.8 Å². The van der Waals surface area contributed by atoms with Gasteiger partial charge in [-0.15, -0.1) is 0 Å². The molecule has 258 valence electrons. The van der Waals surface area contributed by atoms with Crippen molar-refractivity contribution in [3.8, 4) is 11.8 Å². The molecule has 0 aliphatic carbocycles. The number of nitrogens with one attached hydrogen (secondary N) is 1. The van der Waals surface area contributed by atoms with Crippen molar-refractivity contribution in [1.82, 2.24) is 20.2 Å². The van der Waals surface area contributed by atoms with Gasteiger partial charge in [-0.2, -0.15) is 0 Å². The van der Waals surface area contributed by atoms with Crippen LogP contribution in [0.1, 0.15) is 23.1 Å². The highest BCUT2D eigenvalue weighted by atomic mass is 32.2. The van der Waals surface area contributed by atoms with E-state index < -0.39 is 11.8 Å². The largest absolute Gasteiger partial charge is 0.377 e. The fourth-order valence-corrected chi connectivity index (χ4v) is 7.13. The van der Waals surface area contributed by atoms with E-state index in [0.29, 0.717) is 16.6 Å². The molecule has 1 N–H and O–H groups in total. The maximum absolute atomic E-state index is 13.3. The summed E-state index contributed by atoms with van der Waals surface area (Å²) in [6.45, 7) is 0.737. The van der Waals surface area contributed by atoms with Crippen molar-refractivity contribution in [3.63, 3.8) is 0 Å². The Kier molecular flexibility index (Phi) is 12.3. The normalized spacial score (nSPS) is 13.6. The number of pyridine rings is 2. The Balaban J connectivity index is 0.912. The van der Waals surface area contributed by atoms with Crippen LogP contribution in [0.15, 0.2) is 117 Å². The van der Waals surface area contributed by atoms with Crippen molar-refractivity contribution < 1.29 is 28.7 Å². The quantitative estimate of drug-likeness (QED) is 0.107. The molecule has 4 heterocycles. The molecular formula is C38H33N5O6S2. The van der Waals surface area contributed by atoms with Crippen LogP contribution < -0.4 is 10.2 Å². The second-order valence-corrected chi connectivity index (χ2v) is 13.2. The standard InChI is InChI=1S/C38H33N5O6S2/c44-31(39-20-17-34(45)43-25-29-11-2-1-9-27(29)15-16-28-10-3-4-12-30(28)43)26-49-24-23-48-22-21-42-37(46)35(50-32-13-5-7-18-40-32)36(38(42)47)51-33-14-6-8-19-41-33/h1-14,18-19H,17,20-26H2,(H,39,44). The van der Waals surface area contributed by atoms with Gasteiger partial charge >= 0.3 is 0 Å². The summed E-state index contributed by atoms with van der Waals surface area (Å²) in [7, 11) is 0. The van der Waals surface area contributed by atoms with E-state index >= 15 is 0 Å². The number of ether oxygens (including phenoxy) is 2. The van der Waals surface area contributed by atoms with Crippen LogP contribution in [0, 0.1) is 11.8 Å². The zero-order valence-electron chi connectivity index (χ0n) is 27.4. The molecule has 2 aromatic heterocycles. The van der Waals surface area contributed by atoms with Gasteiger partial charge in [-0.25, -0.2) is 9.97 Å². The minimum atomic E-state index is -0.418. The third-order valence-electron chi connectivity index (χ3n) is 7.67. The van der Waals surface area contributed by atoms with Crippen molar-refractivity contribution in [3.05, 3.63) is 124 Å². The monoisotopic (exact) mass is 719 g/mol. The van der Waals surface area contributed by atoms with Gasteiger partial charge in [0.2, 0.25) is 11.8 Å². The fourth-order valence-electron chi connectivity index (χ4n) is 5.18. The summed E-state index contributed by atoms with van der Waals surface area (Å²) in [4.78, 5) is 64.4. The molecule has 0 spiro atoms. The first kappa shape index (κ1) is 35.6. The van der Waals surface area contributed by atoms with Gasteiger partial charge in [-0.05, 0) is 48.0 Å². The second kappa shape index (κ2) is 17.6. The van der Waals surface area contributed by atoms with Crippen molar-refractivity contribution in [2.75, 3.05) is 44.4 Å². The van der Waals surface area contributed by atoms with Gasteiger partial charge in [0.05, 0.1) is 48.4 Å². The molecule has 0 bridgehead atoms. The molecule has 4 amide bonds. The van der Waals surface area contributed by atoms with Crippen LogP contribution in [0.3, 0.4) is 0 Å². The van der Waals surface area contributed by atoms with Crippen LogP contribution in [0.2, 0.25) is 0 Å². The number of carbonyl (C=O) groups is 4. The summed E-state index contributed by atoms with van der Waals surface area (Å²) in [5, 5.41) is 3.93. The summed E-state index contributed by atoms with van der Waals surface area (Å²) >= 11 is 2.28. The van der Waals surface area contributed by atoms with Crippen LogP contribution >= 0.6 is 23.5 Å². The summed E-state index contributed by atoms with van der Waals surface area (Å²) in [5.74, 6) is 5.05. The molecule has 0 unspecified atom stereocenters. The lowest BCUT2D eigenvalue weighted by molar-refractivity contribution is -0.138. The number of aromatic nitrogens is 2. The van der Waals surface area contributed by atoms with Crippen LogP contribution in [0.4, 0.5) is 5.69 Å². The number of fused-ring (bicyclic) bond motifs is 2. The Bertz CT molecular complexity index is 1930. The highest BCUT2D eigenvalue weighted by Gasteiger charge is 2.39. The minimum absolute atomic E-state index is 0.0460. The molecule has 51 heavy (non-hydrogen) atoms. The first-order valence-corrected chi connectivity index (χ1v) is 17.8. The second-order valence-electron chi connectivity index (χ2n) is 11.1. The number of hydrogen-bond donors (Lipinski definition) is 1. The van der Waals surface area contributed by atoms with E-state index in [1.165, 1.54) is 0 Å². The number of imide groups is 1. The molecular weight excluding hydrogens is 687 g/mol. The van der Waals surface area contributed by atoms with Gasteiger partial charge in [-0.1, -0.05) is 77.8 Å². The Hall–Kier alpha value is -5.26. The summed E-state index contributed by atoms with van der Waals surface area (Å²) in [6.07, 6.45) is 3.36. The van der Waals surface area contributed by atoms with Gasteiger partial charge in [0.15, 0.2) is 0 Å². The number of para-hydroxylation sites is 1. The lowest BCUT2D eigenvalue weighted by atomic mass is 10.0. The number of rotatable bonds is 15. The van der Waals surface area contributed by atoms with Crippen LogP contribution in [0.25, 0.3) is 0 Å². The first-order valence-electron chi connectivity index (χ1n) is 16.2. The molecule has 6 rings (SSSR count). The zero-order chi connectivity index (χ0) is 35.4. The van der Waals surface area contributed by atoms with Gasteiger partial charge in [0, 0.05) is 36.5 Å². The molecule has 0 saturated heterocycles. The molecule has 2 aliphatic heterocycles. The average Bonchev–Trinajstić information content (AvgIpc) is 3.36. The van der Waals surface area contributed by atoms with E-state index in [0.717, 1.165) is 50.8 Å². The van der Waals surface area contributed by atoms with Gasteiger partial charge in [-0.3, -0.25) is 24.1 Å². The molecule has 0 radical (unpaired) electrons. The van der Waals surface area contributed by atoms with E-state index in [9.17, 15) is 19.2 Å². The summed E-state index contributed by atoms with van der Waals surface area (Å²) in [5.41, 5.74) is 3.34. The van der Waals surface area contributed by atoms with E-state index in [1.807, 2.05) is 60.7 Å². The Morgan fingerprint density at radius 1 is 0.745 bits per heavy atom. The fraction of sp³-hybridized carbons (Fsp3) is 0.211. The third kappa shape index (κ3) is 9.30. The number of amides is 4. The molecule has 0 saturated carbocycles. The maximum atomic E-state index is 13.3. The number of carbonyl (C=O) groups excluding carboxylic acids is 4. The SMILES string of the molecule is O=C(COCCOCCN1C(=O)C(Sc2ccccn2)=C(Sc2ccccn2)C1=O)NCCC(=O)N1Cc2ccccc2C#Cc2ccccc21. The lowest BCUT2D eigenvalue weighted by Gasteiger charge is -2.26. The van der Waals surface area contributed by atoms with E-state index in [4.69, 9.17) is 9.47 Å². The van der Waals surface area contributed by atoms with Crippen molar-refractivity contribution in [2.24, 2.45) is 0 Å². The topological polar surface area (TPSA) is 131 Å². The van der Waals surface area contributed by atoms with Crippen molar-refractivity contribution >= 4 is 52.8 Å². The van der Waals surface area contributed by atoms with Crippen LogP contribution in [0.5, 0.6) is 0 Å². The number of anilines is 1. The highest BCUT2D eigenvalue weighted by Crippen LogP contribution is 2.41. The number of nitrogens with zero attached hydrogens (tertiary/aromatic N) is 4. The minimum Gasteiger partial charge on any atom is -0.377 e. The van der Waals surface area contributed by atoms with Gasteiger partial charge in [0.1, 0.15) is 16.7 Å². The summed E-state index contributed by atoms with van der Waals surface area (Å²) in [6, 6.07) is 26.0. The van der Waals surface area contributed by atoms with E-state index in [1.54, 1.807) is 41.6 Å². The Morgan fingerprint density at radius 2 is 1.35 bits per heavy atom. The van der Waals surface area contributed by atoms with Gasteiger partial charge < -0.3 is 19.7 Å². The highest BCUT2D eigenvalue weighted by molar-refractivity contribution is 8.08. The number of hydrogen-bond acceptors (Lipinski definition) is 10. The average molecular weight is 720 g/mol. The van der Waals surface area contributed by atoms with E-state index in [2.05, 4.69) is 27.1 Å². The predicted molar refractivity (Wildman–Crippen MR) is 193 cm³/mol. The molecule has 13 heteroatoms. The first-order chi connectivity index (χ1) is 25.0. The Morgan fingerprint density at radius 3 is 2.04 bits per heavy atom. The predicted octanol–water partition coefficient (Wildman–Crippen LogP) is 4.43. The third-order valence-corrected chi connectivity index (χ3v) is 9.87. The van der Waals surface area contributed by atoms with E-state index in [-0.39, 0.29) is 67.6 Å².